The molecule has 12 heteroatoms. The molecule has 1 aliphatic heterocycles. The Labute approximate surface area is 252 Å². The van der Waals surface area contributed by atoms with Gasteiger partial charge in [-0.05, 0) is 95.3 Å². The van der Waals surface area contributed by atoms with Crippen molar-refractivity contribution in [2.45, 2.75) is 86.0 Å². The number of hydrogen-bond acceptors (Lipinski definition) is 12. The number of thiophene rings is 1. The van der Waals surface area contributed by atoms with Crippen LogP contribution in [0.25, 0.3) is 11.6 Å². The van der Waals surface area contributed by atoms with E-state index in [1.54, 1.807) is 29.8 Å². The van der Waals surface area contributed by atoms with Crippen LogP contribution in [0, 0.1) is 11.3 Å². The van der Waals surface area contributed by atoms with Gasteiger partial charge in [-0.2, -0.15) is 10.2 Å². The lowest BCUT2D eigenvalue weighted by Gasteiger charge is -2.39. The van der Waals surface area contributed by atoms with E-state index in [-0.39, 0.29) is 11.5 Å². The number of nitriles is 1. The first-order valence-corrected chi connectivity index (χ1v) is 16.1. The van der Waals surface area contributed by atoms with E-state index in [2.05, 4.69) is 34.9 Å². The number of aryl methyl sites for hydroxylation is 1. The SMILES string of the molecule is C[C@H](Oc1cc(Sc2ncccn2)nc(-c2onc3c2CCC[C@@]32CCCc3sc(N)c(C#N)c32)n1)[C@@H]1CCCN1C. The average molecular weight is 601 g/mol. The summed E-state index contributed by atoms with van der Waals surface area (Å²) in [6.07, 6.45) is 11.1. The first kappa shape index (κ1) is 27.3. The maximum absolute atomic E-state index is 10.0. The summed E-state index contributed by atoms with van der Waals surface area (Å²) >= 11 is 2.90. The monoisotopic (exact) mass is 600 g/mol. The Bertz CT molecular complexity index is 1660. The highest BCUT2D eigenvalue weighted by molar-refractivity contribution is 7.99. The molecule has 7 rings (SSSR count). The Morgan fingerprint density at radius 1 is 1.21 bits per heavy atom. The molecule has 10 nitrogen and oxygen atoms in total. The lowest BCUT2D eigenvalue weighted by atomic mass is 9.62. The number of likely N-dealkylation sites (N-methyl/N-ethyl adjacent to an activating group) is 1. The van der Waals surface area contributed by atoms with E-state index < -0.39 is 0 Å². The van der Waals surface area contributed by atoms with E-state index >= 15 is 0 Å². The van der Waals surface area contributed by atoms with Gasteiger partial charge >= 0.3 is 0 Å². The van der Waals surface area contributed by atoms with Crippen LogP contribution in [0.4, 0.5) is 5.00 Å². The molecular formula is C30H32N8O2S2. The summed E-state index contributed by atoms with van der Waals surface area (Å²) in [7, 11) is 2.14. The maximum atomic E-state index is 10.0. The fourth-order valence-electron chi connectivity index (χ4n) is 7.08. The fourth-order valence-corrected chi connectivity index (χ4v) is 8.95. The number of anilines is 1. The smallest absolute Gasteiger partial charge is 0.218 e. The second-order valence-corrected chi connectivity index (χ2v) is 13.5. The minimum absolute atomic E-state index is 0.0490. The van der Waals surface area contributed by atoms with E-state index in [1.807, 2.05) is 6.07 Å². The van der Waals surface area contributed by atoms with Crippen molar-refractivity contribution >= 4 is 28.1 Å². The van der Waals surface area contributed by atoms with Gasteiger partial charge in [0.2, 0.25) is 17.5 Å². The number of nitrogen functional groups attached to an aromatic ring is 1. The Hall–Kier alpha value is -3.53. The number of likely N-dealkylation sites (tertiary alicyclic amines) is 1. The van der Waals surface area contributed by atoms with Crippen molar-refractivity contribution in [1.29, 1.82) is 5.26 Å². The zero-order valence-electron chi connectivity index (χ0n) is 23.7. The van der Waals surface area contributed by atoms with Crippen LogP contribution in [-0.4, -0.2) is 55.7 Å². The van der Waals surface area contributed by atoms with Crippen molar-refractivity contribution < 1.29 is 9.26 Å². The number of fused-ring (bicyclic) bond motifs is 4. The number of nitrogens with zero attached hydrogens (tertiary/aromatic N) is 7. The predicted octanol–water partition coefficient (Wildman–Crippen LogP) is 5.41. The Balaban J connectivity index is 1.31. The minimum atomic E-state index is -0.382. The lowest BCUT2D eigenvalue weighted by Crippen LogP contribution is -2.38. The topological polar surface area (TPSA) is 140 Å². The van der Waals surface area contributed by atoms with Gasteiger partial charge in [0.1, 0.15) is 22.2 Å². The molecule has 4 aromatic heterocycles. The standard InChI is InChI=1S/C30H32N8O2S2/c1-17(20-8-5-14-38(20)2)39-22-15-23(42-29-33-12-6-13-34-29)36-28(35-22)25-18-7-3-10-30(26(18)37-40-25)11-4-9-21-24(30)19(16-31)27(32)41-21/h6,12-13,15,17,20H,3-5,7-11,14,32H2,1-2H3/t17-,20-,30-/m0/s1. The molecule has 42 heavy (non-hydrogen) atoms. The number of nitrogens with two attached hydrogens (primary N) is 1. The van der Waals surface area contributed by atoms with Gasteiger partial charge in [0.05, 0.1) is 11.3 Å². The zero-order valence-corrected chi connectivity index (χ0v) is 25.3. The van der Waals surface area contributed by atoms with Crippen molar-refractivity contribution in [2.75, 3.05) is 19.3 Å². The summed E-state index contributed by atoms with van der Waals surface area (Å²) in [6.45, 7) is 3.16. The van der Waals surface area contributed by atoms with Crippen molar-refractivity contribution in [1.82, 2.24) is 30.0 Å². The molecule has 0 aromatic carbocycles. The van der Waals surface area contributed by atoms with Crippen molar-refractivity contribution in [2.24, 2.45) is 0 Å². The summed E-state index contributed by atoms with van der Waals surface area (Å²) in [4.78, 5) is 22.0. The second kappa shape index (κ2) is 10.9. The van der Waals surface area contributed by atoms with Gasteiger partial charge in [-0.3, -0.25) is 4.90 Å². The number of ether oxygens (including phenoxy) is 1. The molecule has 1 saturated heterocycles. The summed E-state index contributed by atoms with van der Waals surface area (Å²) in [5.41, 5.74) is 9.52. The van der Waals surface area contributed by atoms with Crippen LogP contribution in [0.15, 0.2) is 39.2 Å². The lowest BCUT2D eigenvalue weighted by molar-refractivity contribution is 0.116. The molecule has 0 radical (unpaired) electrons. The normalized spacial score (nSPS) is 22.5. The van der Waals surface area contributed by atoms with Gasteiger partial charge in [-0.1, -0.05) is 5.16 Å². The first-order valence-electron chi connectivity index (χ1n) is 14.5. The van der Waals surface area contributed by atoms with Gasteiger partial charge in [0, 0.05) is 40.4 Å². The van der Waals surface area contributed by atoms with Crippen molar-refractivity contribution in [3.63, 3.8) is 0 Å². The molecule has 0 unspecified atom stereocenters. The third-order valence-electron chi connectivity index (χ3n) is 8.92. The Morgan fingerprint density at radius 2 is 2.02 bits per heavy atom. The molecule has 2 N–H and O–H groups in total. The Morgan fingerprint density at radius 3 is 2.79 bits per heavy atom. The molecule has 0 saturated carbocycles. The average Bonchev–Trinajstić information content (AvgIpc) is 3.70. The summed E-state index contributed by atoms with van der Waals surface area (Å²) < 4.78 is 12.6. The summed E-state index contributed by atoms with van der Waals surface area (Å²) in [5.74, 6) is 1.48. The number of hydrogen-bond donors (Lipinski definition) is 1. The second-order valence-electron chi connectivity index (χ2n) is 11.4. The van der Waals surface area contributed by atoms with E-state index in [9.17, 15) is 5.26 Å². The van der Waals surface area contributed by atoms with Crippen molar-refractivity contribution in [3.05, 3.63) is 51.8 Å². The fraction of sp³-hybridized carbons (Fsp3) is 0.467. The molecule has 5 heterocycles. The van der Waals surface area contributed by atoms with Crippen LogP contribution in [-0.2, 0) is 18.3 Å². The van der Waals surface area contributed by atoms with Gasteiger partial charge < -0.3 is 15.0 Å². The Kier molecular flexibility index (Phi) is 7.12. The number of aromatic nitrogens is 5. The summed E-state index contributed by atoms with van der Waals surface area (Å²) in [5, 5.41) is 16.6. The molecule has 4 aromatic rings. The number of rotatable bonds is 6. The van der Waals surface area contributed by atoms with Crippen LogP contribution in [0.2, 0.25) is 0 Å². The quantitative estimate of drug-likeness (QED) is 0.224. The van der Waals surface area contributed by atoms with Crippen LogP contribution in [0.5, 0.6) is 5.88 Å². The van der Waals surface area contributed by atoms with Crippen molar-refractivity contribution in [3.8, 4) is 23.5 Å². The highest BCUT2D eigenvalue weighted by Crippen LogP contribution is 2.54. The van der Waals surface area contributed by atoms with Crippen LogP contribution >= 0.6 is 23.1 Å². The van der Waals surface area contributed by atoms with E-state index in [0.29, 0.717) is 44.3 Å². The maximum Gasteiger partial charge on any atom is 0.218 e. The van der Waals surface area contributed by atoms with E-state index in [4.69, 9.17) is 30.1 Å². The molecule has 0 amide bonds. The molecule has 3 atom stereocenters. The third kappa shape index (κ3) is 4.64. The molecule has 216 valence electrons. The van der Waals surface area contributed by atoms with E-state index in [0.717, 1.165) is 74.7 Å². The van der Waals surface area contributed by atoms with Gasteiger partial charge in [0.25, 0.3) is 0 Å². The molecule has 3 aliphatic rings. The first-order chi connectivity index (χ1) is 20.5. The molecule has 0 bridgehead atoms. The van der Waals surface area contributed by atoms with Crippen LogP contribution in [0.1, 0.15) is 72.7 Å². The van der Waals surface area contributed by atoms with E-state index in [1.165, 1.54) is 16.6 Å². The molecule has 2 aliphatic carbocycles. The van der Waals surface area contributed by atoms with Gasteiger partial charge in [-0.25, -0.2) is 15.0 Å². The molecule has 1 spiro atoms. The third-order valence-corrected chi connectivity index (χ3v) is 10.8. The molecular weight excluding hydrogens is 569 g/mol. The van der Waals surface area contributed by atoms with Gasteiger partial charge in [-0.15, -0.1) is 11.3 Å². The predicted molar refractivity (Wildman–Crippen MR) is 160 cm³/mol. The zero-order chi connectivity index (χ0) is 28.8. The van der Waals surface area contributed by atoms with Gasteiger partial charge in [0.15, 0.2) is 5.16 Å². The molecule has 1 fully saturated rings. The van der Waals surface area contributed by atoms with Crippen LogP contribution in [0.3, 0.4) is 0 Å². The highest BCUT2D eigenvalue weighted by Gasteiger charge is 2.48. The largest absolute Gasteiger partial charge is 0.473 e. The van der Waals surface area contributed by atoms with Crippen LogP contribution < -0.4 is 10.5 Å². The highest BCUT2D eigenvalue weighted by atomic mass is 32.2. The summed E-state index contributed by atoms with van der Waals surface area (Å²) in [6, 6.07) is 6.35. The minimum Gasteiger partial charge on any atom is -0.473 e.